The summed E-state index contributed by atoms with van der Waals surface area (Å²) in [4.78, 5) is 14.5. The quantitative estimate of drug-likeness (QED) is 0.940. The molecule has 0 aliphatic carbocycles. The number of carbonyl (C=O) groups is 1. The number of nitriles is 1. The predicted octanol–water partition coefficient (Wildman–Crippen LogP) is 2.09. The van der Waals surface area contributed by atoms with Gasteiger partial charge in [-0.25, -0.2) is 0 Å². The third-order valence-corrected chi connectivity index (χ3v) is 4.42. The van der Waals surface area contributed by atoms with E-state index in [2.05, 4.69) is 6.07 Å². The van der Waals surface area contributed by atoms with Gasteiger partial charge in [0.25, 0.3) is 5.91 Å². The molecular formula is C17H19N3O3. The maximum atomic E-state index is 12.8. The normalized spacial score (nSPS) is 18.9. The Hall–Kier alpha value is -2.52. The first-order valence-corrected chi connectivity index (χ1v) is 7.67. The lowest BCUT2D eigenvalue weighted by Gasteiger charge is -2.17. The molecule has 1 aliphatic heterocycles. The van der Waals surface area contributed by atoms with Crippen LogP contribution in [-0.4, -0.2) is 39.7 Å². The second-order valence-corrected chi connectivity index (χ2v) is 5.96. The number of amides is 1. The van der Waals surface area contributed by atoms with E-state index in [0.29, 0.717) is 30.3 Å². The molecule has 1 saturated heterocycles. The van der Waals surface area contributed by atoms with Crippen LogP contribution in [0.25, 0.3) is 5.88 Å². The van der Waals surface area contributed by atoms with Crippen LogP contribution < -0.4 is 0 Å². The van der Waals surface area contributed by atoms with Gasteiger partial charge in [-0.15, -0.1) is 0 Å². The number of aromatic nitrogens is 1. The van der Waals surface area contributed by atoms with Crippen molar-refractivity contribution in [2.45, 2.75) is 26.4 Å². The first kappa shape index (κ1) is 15.4. The summed E-state index contributed by atoms with van der Waals surface area (Å²) >= 11 is 0. The third kappa shape index (κ3) is 2.64. The molecule has 1 aliphatic rings. The standard InChI is InChI=1S/C17H19N3O3/c1-11(21)13-5-8-20(10-13)16(22)15-12(2)23-17(14(15)9-18)19-6-3-4-7-19/h3-4,6-7,11,13,21H,5,8,10H2,1-2H3. The summed E-state index contributed by atoms with van der Waals surface area (Å²) < 4.78 is 7.37. The Kier molecular flexibility index (Phi) is 3.97. The summed E-state index contributed by atoms with van der Waals surface area (Å²) in [5, 5.41) is 19.2. The summed E-state index contributed by atoms with van der Waals surface area (Å²) in [6.07, 6.45) is 3.87. The number of rotatable bonds is 3. The summed E-state index contributed by atoms with van der Waals surface area (Å²) in [5.41, 5.74) is 0.576. The van der Waals surface area contributed by atoms with Crippen LogP contribution in [0.2, 0.25) is 0 Å². The van der Waals surface area contributed by atoms with Crippen molar-refractivity contribution in [3.8, 4) is 12.0 Å². The number of aryl methyl sites for hydroxylation is 1. The number of likely N-dealkylation sites (tertiary alicyclic amines) is 1. The van der Waals surface area contributed by atoms with Gasteiger partial charge in [-0.1, -0.05) is 0 Å². The minimum atomic E-state index is -0.441. The largest absolute Gasteiger partial charge is 0.443 e. The first-order chi connectivity index (χ1) is 11.0. The van der Waals surface area contributed by atoms with Gasteiger partial charge < -0.3 is 14.4 Å². The van der Waals surface area contributed by atoms with E-state index in [-0.39, 0.29) is 17.4 Å². The lowest BCUT2D eigenvalue weighted by molar-refractivity contribution is 0.0760. The maximum Gasteiger partial charge on any atom is 0.258 e. The Morgan fingerprint density at radius 3 is 2.74 bits per heavy atom. The summed E-state index contributed by atoms with van der Waals surface area (Å²) in [7, 11) is 0. The average molecular weight is 313 g/mol. The van der Waals surface area contributed by atoms with Crippen molar-refractivity contribution < 1.29 is 14.3 Å². The first-order valence-electron chi connectivity index (χ1n) is 7.67. The van der Waals surface area contributed by atoms with Crippen LogP contribution >= 0.6 is 0 Å². The van der Waals surface area contributed by atoms with E-state index in [1.165, 1.54) is 0 Å². The topological polar surface area (TPSA) is 82.4 Å². The molecule has 2 aromatic heterocycles. The minimum Gasteiger partial charge on any atom is -0.443 e. The second kappa shape index (κ2) is 5.94. The molecule has 1 N–H and O–H groups in total. The number of hydrogen-bond donors (Lipinski definition) is 1. The van der Waals surface area contributed by atoms with E-state index in [4.69, 9.17) is 4.42 Å². The lowest BCUT2D eigenvalue weighted by atomic mass is 10.0. The average Bonchev–Trinajstić information content (AvgIpc) is 3.25. The molecule has 2 unspecified atom stereocenters. The van der Waals surface area contributed by atoms with Crippen LogP contribution in [0.4, 0.5) is 0 Å². The second-order valence-electron chi connectivity index (χ2n) is 5.96. The molecule has 6 heteroatoms. The van der Waals surface area contributed by atoms with Gasteiger partial charge in [0, 0.05) is 31.4 Å². The van der Waals surface area contributed by atoms with E-state index in [1.54, 1.807) is 35.7 Å². The van der Waals surface area contributed by atoms with Crippen molar-refractivity contribution in [3.05, 3.63) is 41.4 Å². The highest BCUT2D eigenvalue weighted by atomic mass is 16.4. The zero-order valence-corrected chi connectivity index (χ0v) is 13.2. The van der Waals surface area contributed by atoms with E-state index in [1.807, 2.05) is 12.1 Å². The number of aliphatic hydroxyl groups excluding tert-OH is 1. The van der Waals surface area contributed by atoms with Crippen LogP contribution in [0.3, 0.4) is 0 Å². The highest BCUT2D eigenvalue weighted by Crippen LogP contribution is 2.29. The fraction of sp³-hybridized carbons (Fsp3) is 0.412. The van der Waals surface area contributed by atoms with Crippen molar-refractivity contribution in [2.24, 2.45) is 5.92 Å². The monoisotopic (exact) mass is 313 g/mol. The molecule has 120 valence electrons. The smallest absolute Gasteiger partial charge is 0.258 e. The molecule has 3 heterocycles. The molecule has 0 radical (unpaired) electrons. The van der Waals surface area contributed by atoms with Crippen LogP contribution in [0.5, 0.6) is 0 Å². The molecule has 3 rings (SSSR count). The van der Waals surface area contributed by atoms with Gasteiger partial charge >= 0.3 is 0 Å². The molecular weight excluding hydrogens is 294 g/mol. The molecule has 0 spiro atoms. The van der Waals surface area contributed by atoms with Crippen molar-refractivity contribution in [2.75, 3.05) is 13.1 Å². The predicted molar refractivity (Wildman–Crippen MR) is 83.2 cm³/mol. The zero-order valence-electron chi connectivity index (χ0n) is 13.2. The van der Waals surface area contributed by atoms with Gasteiger partial charge in [0.1, 0.15) is 23.0 Å². The van der Waals surface area contributed by atoms with Crippen molar-refractivity contribution in [1.29, 1.82) is 5.26 Å². The highest BCUT2D eigenvalue weighted by Gasteiger charge is 2.33. The zero-order chi connectivity index (χ0) is 16.6. The molecule has 0 bridgehead atoms. The molecule has 2 atom stereocenters. The van der Waals surface area contributed by atoms with Crippen LogP contribution in [0.1, 0.15) is 35.0 Å². The SMILES string of the molecule is Cc1oc(-n2cccc2)c(C#N)c1C(=O)N1CCC(C(C)O)C1. The Labute approximate surface area is 134 Å². The third-order valence-electron chi connectivity index (χ3n) is 4.42. The van der Waals surface area contributed by atoms with Crippen molar-refractivity contribution in [1.82, 2.24) is 9.47 Å². The summed E-state index contributed by atoms with van der Waals surface area (Å²) in [6, 6.07) is 5.76. The van der Waals surface area contributed by atoms with Crippen molar-refractivity contribution >= 4 is 5.91 Å². The molecule has 6 nitrogen and oxygen atoms in total. The molecule has 0 saturated carbocycles. The van der Waals surface area contributed by atoms with Crippen LogP contribution in [0, 0.1) is 24.2 Å². The molecule has 0 aromatic carbocycles. The van der Waals surface area contributed by atoms with Gasteiger partial charge in [-0.05, 0) is 32.4 Å². The van der Waals surface area contributed by atoms with Gasteiger partial charge in [0.2, 0.25) is 5.88 Å². The van der Waals surface area contributed by atoms with Gasteiger partial charge in [0.05, 0.1) is 6.10 Å². The molecule has 1 fully saturated rings. The fourth-order valence-corrected chi connectivity index (χ4v) is 3.07. The Bertz CT molecular complexity index is 753. The van der Waals surface area contributed by atoms with Crippen LogP contribution in [0.15, 0.2) is 28.9 Å². The van der Waals surface area contributed by atoms with Gasteiger partial charge in [-0.3, -0.25) is 9.36 Å². The summed E-state index contributed by atoms with van der Waals surface area (Å²) in [5.74, 6) is 0.685. The van der Waals surface area contributed by atoms with Crippen molar-refractivity contribution in [3.63, 3.8) is 0 Å². The Morgan fingerprint density at radius 1 is 1.48 bits per heavy atom. The lowest BCUT2D eigenvalue weighted by Crippen LogP contribution is -2.31. The van der Waals surface area contributed by atoms with E-state index < -0.39 is 6.10 Å². The number of carbonyl (C=O) groups excluding carboxylic acids is 1. The molecule has 23 heavy (non-hydrogen) atoms. The van der Waals surface area contributed by atoms with E-state index in [0.717, 1.165) is 6.42 Å². The summed E-state index contributed by atoms with van der Waals surface area (Å²) in [6.45, 7) is 4.53. The van der Waals surface area contributed by atoms with Gasteiger partial charge in [-0.2, -0.15) is 5.26 Å². The minimum absolute atomic E-state index is 0.0839. The van der Waals surface area contributed by atoms with E-state index in [9.17, 15) is 15.2 Å². The fourth-order valence-electron chi connectivity index (χ4n) is 3.07. The Morgan fingerprint density at radius 2 is 2.17 bits per heavy atom. The Balaban J connectivity index is 1.94. The van der Waals surface area contributed by atoms with Crippen LogP contribution in [-0.2, 0) is 0 Å². The number of aliphatic hydroxyl groups is 1. The number of nitrogens with zero attached hydrogens (tertiary/aromatic N) is 3. The molecule has 1 amide bonds. The van der Waals surface area contributed by atoms with Gasteiger partial charge in [0.15, 0.2) is 0 Å². The maximum absolute atomic E-state index is 12.8. The number of furan rings is 1. The number of hydrogen-bond acceptors (Lipinski definition) is 4. The highest BCUT2D eigenvalue weighted by molar-refractivity contribution is 5.98. The molecule has 2 aromatic rings. The van der Waals surface area contributed by atoms with E-state index >= 15 is 0 Å².